The van der Waals surface area contributed by atoms with E-state index in [1.807, 2.05) is 25.1 Å². The van der Waals surface area contributed by atoms with Crippen molar-refractivity contribution in [2.75, 3.05) is 11.5 Å². The third kappa shape index (κ3) is 4.16. The van der Waals surface area contributed by atoms with Crippen molar-refractivity contribution in [2.45, 2.75) is 50.0 Å². The molecule has 0 saturated heterocycles. The molecule has 0 heterocycles. The minimum Gasteiger partial charge on any atom is -0.398 e. The number of anilines is 1. The van der Waals surface area contributed by atoms with Gasteiger partial charge in [-0.2, -0.15) is 0 Å². The number of hydrogen-bond donors (Lipinski definition) is 2. The predicted molar refractivity (Wildman–Crippen MR) is 81.3 cm³/mol. The topological polar surface area (TPSA) is 55.1 Å². The maximum absolute atomic E-state index is 11.9. The van der Waals surface area contributed by atoms with Crippen molar-refractivity contribution in [3.63, 3.8) is 0 Å². The zero-order valence-corrected chi connectivity index (χ0v) is 12.3. The monoisotopic (exact) mass is 278 g/mol. The fraction of sp³-hybridized carbons (Fsp3) is 0.533. The van der Waals surface area contributed by atoms with Gasteiger partial charge in [0, 0.05) is 16.6 Å². The van der Waals surface area contributed by atoms with Crippen molar-refractivity contribution in [1.82, 2.24) is 5.32 Å². The second-order valence-electron chi connectivity index (χ2n) is 5.16. The molecule has 1 fully saturated rings. The van der Waals surface area contributed by atoms with Crippen LogP contribution in [0.1, 0.15) is 37.7 Å². The number of nitrogens with one attached hydrogen (secondary N) is 1. The van der Waals surface area contributed by atoms with Gasteiger partial charge >= 0.3 is 0 Å². The summed E-state index contributed by atoms with van der Waals surface area (Å²) in [5.41, 5.74) is 7.72. The highest BCUT2D eigenvalue weighted by molar-refractivity contribution is 8.00. The van der Waals surface area contributed by atoms with Crippen LogP contribution in [0, 0.1) is 6.92 Å². The maximum Gasteiger partial charge on any atom is 0.230 e. The molecule has 0 radical (unpaired) electrons. The quantitative estimate of drug-likeness (QED) is 0.657. The van der Waals surface area contributed by atoms with E-state index in [0.717, 1.165) is 29.0 Å². The lowest BCUT2D eigenvalue weighted by molar-refractivity contribution is -0.119. The summed E-state index contributed by atoms with van der Waals surface area (Å²) < 4.78 is 0. The molecule has 2 rings (SSSR count). The van der Waals surface area contributed by atoms with Crippen LogP contribution in [0.15, 0.2) is 23.1 Å². The van der Waals surface area contributed by atoms with Gasteiger partial charge in [-0.1, -0.05) is 25.3 Å². The number of rotatable bonds is 4. The highest BCUT2D eigenvalue weighted by Gasteiger charge is 2.15. The summed E-state index contributed by atoms with van der Waals surface area (Å²) in [6.07, 6.45) is 6.06. The van der Waals surface area contributed by atoms with Crippen molar-refractivity contribution >= 4 is 23.4 Å². The fourth-order valence-electron chi connectivity index (χ4n) is 2.45. The van der Waals surface area contributed by atoms with E-state index in [9.17, 15) is 4.79 Å². The average Bonchev–Trinajstić information content (AvgIpc) is 2.42. The van der Waals surface area contributed by atoms with E-state index in [0.29, 0.717) is 11.8 Å². The molecule has 104 valence electrons. The van der Waals surface area contributed by atoms with Crippen molar-refractivity contribution in [3.05, 3.63) is 23.8 Å². The third-order valence-corrected chi connectivity index (χ3v) is 4.81. The Balaban J connectivity index is 1.81. The molecule has 19 heavy (non-hydrogen) atoms. The van der Waals surface area contributed by atoms with E-state index in [1.54, 1.807) is 11.8 Å². The summed E-state index contributed by atoms with van der Waals surface area (Å²) in [4.78, 5) is 13.0. The first-order chi connectivity index (χ1) is 9.16. The highest BCUT2D eigenvalue weighted by atomic mass is 32.2. The van der Waals surface area contributed by atoms with Gasteiger partial charge in [-0.05, 0) is 37.5 Å². The Morgan fingerprint density at radius 3 is 2.84 bits per heavy atom. The van der Waals surface area contributed by atoms with Crippen LogP contribution in [-0.2, 0) is 4.79 Å². The van der Waals surface area contributed by atoms with E-state index in [4.69, 9.17) is 5.73 Å². The maximum atomic E-state index is 11.9. The molecule has 1 aliphatic rings. The van der Waals surface area contributed by atoms with Gasteiger partial charge in [-0.15, -0.1) is 11.8 Å². The molecular formula is C15H22N2OS. The smallest absolute Gasteiger partial charge is 0.230 e. The lowest BCUT2D eigenvalue weighted by Crippen LogP contribution is -2.37. The molecule has 0 aromatic heterocycles. The van der Waals surface area contributed by atoms with Gasteiger partial charge in [0.15, 0.2) is 0 Å². The second-order valence-corrected chi connectivity index (χ2v) is 6.18. The van der Waals surface area contributed by atoms with Crippen molar-refractivity contribution in [3.8, 4) is 0 Å². The summed E-state index contributed by atoms with van der Waals surface area (Å²) in [5, 5.41) is 3.13. The molecule has 4 heteroatoms. The van der Waals surface area contributed by atoms with Crippen molar-refractivity contribution in [1.29, 1.82) is 0 Å². The third-order valence-electron chi connectivity index (χ3n) is 3.66. The average molecular weight is 278 g/mol. The van der Waals surface area contributed by atoms with Crippen LogP contribution in [0.25, 0.3) is 0 Å². The van der Waals surface area contributed by atoms with Gasteiger partial charge in [-0.3, -0.25) is 4.79 Å². The first-order valence-electron chi connectivity index (χ1n) is 6.94. The largest absolute Gasteiger partial charge is 0.398 e. The lowest BCUT2D eigenvalue weighted by Gasteiger charge is -2.22. The van der Waals surface area contributed by atoms with E-state index in [-0.39, 0.29) is 5.91 Å². The van der Waals surface area contributed by atoms with Gasteiger partial charge in [0.05, 0.1) is 5.75 Å². The minimum absolute atomic E-state index is 0.138. The van der Waals surface area contributed by atoms with Gasteiger partial charge in [0.25, 0.3) is 0 Å². The molecule has 1 amide bonds. The highest BCUT2D eigenvalue weighted by Crippen LogP contribution is 2.26. The summed E-state index contributed by atoms with van der Waals surface area (Å²) >= 11 is 1.57. The van der Waals surface area contributed by atoms with E-state index in [1.165, 1.54) is 19.3 Å². The number of carbonyl (C=O) groups is 1. The summed E-state index contributed by atoms with van der Waals surface area (Å²) in [5.74, 6) is 0.611. The SMILES string of the molecule is Cc1c(N)cccc1SCC(=O)NC1CCCCC1. The Hall–Kier alpha value is -1.16. The molecular weight excluding hydrogens is 256 g/mol. The molecule has 3 nitrogen and oxygen atoms in total. The Morgan fingerprint density at radius 2 is 2.11 bits per heavy atom. The first-order valence-corrected chi connectivity index (χ1v) is 7.92. The van der Waals surface area contributed by atoms with Crippen LogP contribution in [0.3, 0.4) is 0 Å². The standard InChI is InChI=1S/C15H22N2OS/c1-11-13(16)8-5-9-14(11)19-10-15(18)17-12-6-3-2-4-7-12/h5,8-9,12H,2-4,6-7,10,16H2,1H3,(H,17,18). The molecule has 3 N–H and O–H groups in total. The molecule has 0 unspecified atom stereocenters. The molecule has 1 aromatic carbocycles. The molecule has 0 bridgehead atoms. The van der Waals surface area contributed by atoms with Crippen LogP contribution in [0.4, 0.5) is 5.69 Å². The Kier molecular flexibility index (Phi) is 5.14. The molecule has 1 aromatic rings. The van der Waals surface area contributed by atoms with E-state index in [2.05, 4.69) is 5.32 Å². The number of benzene rings is 1. The molecule has 0 atom stereocenters. The van der Waals surface area contributed by atoms with Crippen LogP contribution < -0.4 is 11.1 Å². The Morgan fingerprint density at radius 1 is 1.37 bits per heavy atom. The van der Waals surface area contributed by atoms with E-state index < -0.39 is 0 Å². The number of nitrogen functional groups attached to an aromatic ring is 1. The normalized spacial score (nSPS) is 16.3. The number of thioether (sulfide) groups is 1. The Bertz CT molecular complexity index is 442. The van der Waals surface area contributed by atoms with Crippen molar-refractivity contribution in [2.24, 2.45) is 0 Å². The van der Waals surface area contributed by atoms with Crippen LogP contribution >= 0.6 is 11.8 Å². The van der Waals surface area contributed by atoms with Crippen LogP contribution in [0.5, 0.6) is 0 Å². The first kappa shape index (κ1) is 14.3. The molecule has 1 saturated carbocycles. The predicted octanol–water partition coefficient (Wildman–Crippen LogP) is 3.12. The van der Waals surface area contributed by atoms with Crippen molar-refractivity contribution < 1.29 is 4.79 Å². The number of carbonyl (C=O) groups excluding carboxylic acids is 1. The fourth-order valence-corrected chi connectivity index (χ4v) is 3.33. The number of hydrogen-bond acceptors (Lipinski definition) is 3. The van der Waals surface area contributed by atoms with Gasteiger partial charge in [0.2, 0.25) is 5.91 Å². The van der Waals surface area contributed by atoms with Gasteiger partial charge in [-0.25, -0.2) is 0 Å². The van der Waals surface area contributed by atoms with E-state index >= 15 is 0 Å². The summed E-state index contributed by atoms with van der Waals surface area (Å²) in [7, 11) is 0. The zero-order valence-electron chi connectivity index (χ0n) is 11.4. The zero-order chi connectivity index (χ0) is 13.7. The number of amides is 1. The second kappa shape index (κ2) is 6.85. The molecule has 1 aliphatic carbocycles. The number of nitrogens with two attached hydrogens (primary N) is 1. The molecule has 0 spiro atoms. The summed E-state index contributed by atoms with van der Waals surface area (Å²) in [6, 6.07) is 6.24. The lowest BCUT2D eigenvalue weighted by atomic mass is 9.95. The Labute approximate surface area is 119 Å². The summed E-state index contributed by atoms with van der Waals surface area (Å²) in [6.45, 7) is 2.00. The molecule has 0 aliphatic heterocycles. The minimum atomic E-state index is 0.138. The van der Waals surface area contributed by atoms with Crippen LogP contribution in [-0.4, -0.2) is 17.7 Å². The van der Waals surface area contributed by atoms with Crippen LogP contribution in [0.2, 0.25) is 0 Å². The van der Waals surface area contributed by atoms with Gasteiger partial charge in [0.1, 0.15) is 0 Å². The van der Waals surface area contributed by atoms with Gasteiger partial charge < -0.3 is 11.1 Å².